The molecule has 1 aliphatic carbocycles. The Morgan fingerprint density at radius 3 is 2.21 bits per heavy atom. The molecule has 1 saturated carbocycles. The van der Waals surface area contributed by atoms with Gasteiger partial charge < -0.3 is 15.5 Å². The molecule has 0 amide bonds. The van der Waals surface area contributed by atoms with Gasteiger partial charge in [-0.2, -0.15) is 4.98 Å². The van der Waals surface area contributed by atoms with E-state index in [1.54, 1.807) is 12.4 Å². The summed E-state index contributed by atoms with van der Waals surface area (Å²) in [5.74, 6) is 1.61. The maximum atomic E-state index is 6.59. The molecule has 2 N–H and O–H groups in total. The monoisotopic (exact) mass is 514 g/mol. The van der Waals surface area contributed by atoms with E-state index in [0.29, 0.717) is 11.6 Å². The Balaban J connectivity index is 1.23. The van der Waals surface area contributed by atoms with Gasteiger partial charge in [-0.1, -0.05) is 54.6 Å². The summed E-state index contributed by atoms with van der Waals surface area (Å²) in [4.78, 5) is 27.9. The van der Waals surface area contributed by atoms with Crippen molar-refractivity contribution in [2.45, 2.75) is 24.8 Å². The van der Waals surface area contributed by atoms with Crippen molar-refractivity contribution in [3.63, 3.8) is 0 Å². The van der Waals surface area contributed by atoms with Crippen LogP contribution in [0.2, 0.25) is 0 Å². The van der Waals surface area contributed by atoms with Gasteiger partial charge in [-0.15, -0.1) is 0 Å². The van der Waals surface area contributed by atoms with Gasteiger partial charge in [-0.3, -0.25) is 4.98 Å². The SMILES string of the molecule is NC1(c2ccc(-c3nc4nc(N5CCN(c6cnccn6)CC5)ncc4cc3-c3ccccc3)cc2)CCC1. The Kier molecular flexibility index (Phi) is 5.89. The molecule has 0 bridgehead atoms. The first-order chi connectivity index (χ1) is 19.2. The molecule has 0 atom stereocenters. The number of aromatic nitrogens is 5. The molecule has 39 heavy (non-hydrogen) atoms. The average molecular weight is 515 g/mol. The summed E-state index contributed by atoms with van der Waals surface area (Å²) in [5, 5.41) is 0.923. The van der Waals surface area contributed by atoms with Gasteiger partial charge in [0.05, 0.1) is 11.9 Å². The van der Waals surface area contributed by atoms with Crippen molar-refractivity contribution >= 4 is 22.8 Å². The summed E-state index contributed by atoms with van der Waals surface area (Å²) < 4.78 is 0. The predicted octanol–water partition coefficient (Wildman–Crippen LogP) is 4.81. The van der Waals surface area contributed by atoms with Crippen molar-refractivity contribution in [2.75, 3.05) is 36.0 Å². The standard InChI is InChI=1S/C31H30N8/c32-31(11-4-12-31)25-9-7-23(8-10-25)28-26(22-5-2-1-3-6-22)19-24-20-35-30(37-29(24)36-28)39-17-15-38(16-18-39)27-21-33-13-14-34-27/h1-3,5-10,13-14,19-21H,4,11-12,15-18,32H2. The van der Waals surface area contributed by atoms with Crippen LogP contribution in [0.1, 0.15) is 24.8 Å². The van der Waals surface area contributed by atoms with Crippen LogP contribution in [0.25, 0.3) is 33.4 Å². The number of fused-ring (bicyclic) bond motifs is 1. The van der Waals surface area contributed by atoms with Gasteiger partial charge >= 0.3 is 0 Å². The first-order valence-corrected chi connectivity index (χ1v) is 13.6. The van der Waals surface area contributed by atoms with Gasteiger partial charge in [0.1, 0.15) is 5.82 Å². The Bertz CT molecular complexity index is 1590. The van der Waals surface area contributed by atoms with E-state index in [1.807, 2.05) is 18.5 Å². The van der Waals surface area contributed by atoms with Crippen molar-refractivity contribution in [1.29, 1.82) is 0 Å². The molecule has 2 aliphatic rings. The third-order valence-electron chi connectivity index (χ3n) is 8.06. The predicted molar refractivity (Wildman–Crippen MR) is 154 cm³/mol. The van der Waals surface area contributed by atoms with Crippen molar-refractivity contribution in [1.82, 2.24) is 24.9 Å². The van der Waals surface area contributed by atoms with Gasteiger partial charge in [0.15, 0.2) is 5.65 Å². The van der Waals surface area contributed by atoms with Crippen molar-refractivity contribution in [2.24, 2.45) is 5.73 Å². The molecular formula is C31H30N8. The molecule has 0 spiro atoms. The number of hydrogen-bond acceptors (Lipinski definition) is 8. The van der Waals surface area contributed by atoms with E-state index in [9.17, 15) is 0 Å². The van der Waals surface area contributed by atoms with Crippen molar-refractivity contribution in [3.8, 4) is 22.4 Å². The lowest BCUT2D eigenvalue weighted by Gasteiger charge is -2.38. The van der Waals surface area contributed by atoms with Crippen LogP contribution in [0.5, 0.6) is 0 Å². The normalized spacial score (nSPS) is 16.7. The van der Waals surface area contributed by atoms with Crippen molar-refractivity contribution < 1.29 is 0 Å². The largest absolute Gasteiger partial charge is 0.352 e. The molecule has 5 aromatic rings. The van der Waals surface area contributed by atoms with E-state index in [2.05, 4.69) is 74.4 Å². The maximum Gasteiger partial charge on any atom is 0.227 e. The lowest BCUT2D eigenvalue weighted by molar-refractivity contribution is 0.253. The molecule has 2 fully saturated rings. The minimum absolute atomic E-state index is 0.184. The van der Waals surface area contributed by atoms with Crippen molar-refractivity contribution in [3.05, 3.63) is 91.0 Å². The van der Waals surface area contributed by atoms with Gasteiger partial charge in [0.2, 0.25) is 5.95 Å². The van der Waals surface area contributed by atoms with Crippen LogP contribution in [-0.2, 0) is 5.54 Å². The van der Waals surface area contributed by atoms with Crippen LogP contribution in [0.3, 0.4) is 0 Å². The van der Waals surface area contributed by atoms with Crippen LogP contribution in [0.4, 0.5) is 11.8 Å². The topological polar surface area (TPSA) is 97.0 Å². The second-order valence-corrected chi connectivity index (χ2v) is 10.5. The van der Waals surface area contributed by atoms with E-state index in [-0.39, 0.29) is 5.54 Å². The number of hydrogen-bond donors (Lipinski definition) is 1. The number of piperazine rings is 1. The molecule has 194 valence electrons. The number of pyridine rings is 1. The first-order valence-electron chi connectivity index (χ1n) is 13.6. The average Bonchev–Trinajstić information content (AvgIpc) is 3.00. The molecule has 0 unspecified atom stereocenters. The quantitative estimate of drug-likeness (QED) is 0.357. The van der Waals surface area contributed by atoms with Crippen LogP contribution in [0, 0.1) is 0 Å². The zero-order chi connectivity index (χ0) is 26.2. The number of nitrogens with zero attached hydrogens (tertiary/aromatic N) is 7. The fourth-order valence-corrected chi connectivity index (χ4v) is 5.56. The summed E-state index contributed by atoms with van der Waals surface area (Å²) in [6.45, 7) is 3.28. The minimum Gasteiger partial charge on any atom is -0.352 e. The smallest absolute Gasteiger partial charge is 0.227 e. The zero-order valence-corrected chi connectivity index (χ0v) is 21.7. The Morgan fingerprint density at radius 1 is 0.744 bits per heavy atom. The fourth-order valence-electron chi connectivity index (χ4n) is 5.56. The summed E-state index contributed by atoms with van der Waals surface area (Å²) >= 11 is 0. The van der Waals surface area contributed by atoms with E-state index in [1.165, 1.54) is 12.0 Å². The highest BCUT2D eigenvalue weighted by Gasteiger charge is 2.34. The molecule has 1 aliphatic heterocycles. The Labute approximate surface area is 227 Å². The van der Waals surface area contributed by atoms with Gasteiger partial charge in [0, 0.05) is 66.8 Å². The minimum atomic E-state index is -0.184. The number of nitrogens with two attached hydrogens (primary N) is 1. The van der Waals surface area contributed by atoms with Gasteiger partial charge in [0.25, 0.3) is 0 Å². The second-order valence-electron chi connectivity index (χ2n) is 10.5. The lowest BCUT2D eigenvalue weighted by atomic mass is 9.72. The van der Waals surface area contributed by atoms with Crippen LogP contribution in [0.15, 0.2) is 85.5 Å². The lowest BCUT2D eigenvalue weighted by Crippen LogP contribution is -2.47. The number of rotatable bonds is 5. The molecule has 1 saturated heterocycles. The van der Waals surface area contributed by atoms with Crippen LogP contribution in [-0.4, -0.2) is 51.1 Å². The Hall–Kier alpha value is -4.43. The number of anilines is 2. The van der Waals surface area contributed by atoms with Crippen LogP contribution < -0.4 is 15.5 Å². The molecular weight excluding hydrogens is 484 g/mol. The molecule has 3 aromatic heterocycles. The molecule has 2 aromatic carbocycles. The highest BCUT2D eigenvalue weighted by atomic mass is 15.3. The van der Waals surface area contributed by atoms with Gasteiger partial charge in [-0.05, 0) is 36.5 Å². The molecule has 4 heterocycles. The molecule has 0 radical (unpaired) electrons. The molecule has 8 heteroatoms. The van der Waals surface area contributed by atoms with Gasteiger partial charge in [-0.25, -0.2) is 15.0 Å². The maximum absolute atomic E-state index is 6.59. The third kappa shape index (κ3) is 4.46. The molecule has 7 rings (SSSR count). The molecule has 8 nitrogen and oxygen atoms in total. The summed E-state index contributed by atoms with van der Waals surface area (Å²) in [5.41, 5.74) is 12.5. The summed E-state index contributed by atoms with van der Waals surface area (Å²) in [7, 11) is 0. The second kappa shape index (κ2) is 9.71. The summed E-state index contributed by atoms with van der Waals surface area (Å²) in [6, 6.07) is 21.2. The van der Waals surface area contributed by atoms with E-state index in [4.69, 9.17) is 20.7 Å². The highest BCUT2D eigenvalue weighted by molar-refractivity contribution is 5.90. The zero-order valence-electron chi connectivity index (χ0n) is 21.7. The third-order valence-corrected chi connectivity index (χ3v) is 8.06. The van der Waals surface area contributed by atoms with Crippen LogP contribution >= 0.6 is 0 Å². The van der Waals surface area contributed by atoms with E-state index >= 15 is 0 Å². The van der Waals surface area contributed by atoms with E-state index < -0.39 is 0 Å². The Morgan fingerprint density at radius 2 is 1.51 bits per heavy atom. The summed E-state index contributed by atoms with van der Waals surface area (Å²) in [6.07, 6.45) is 10.4. The fraction of sp³-hybridized carbons (Fsp3) is 0.258. The van der Waals surface area contributed by atoms with E-state index in [0.717, 1.165) is 72.6 Å². The first kappa shape index (κ1) is 23.7. The number of benzene rings is 2. The highest BCUT2D eigenvalue weighted by Crippen LogP contribution is 2.40.